The highest BCUT2D eigenvalue weighted by molar-refractivity contribution is 5.82. The number of amides is 1. The third kappa shape index (κ3) is 2.01. The minimum Gasteiger partial charge on any atom is -0.485 e. The molecule has 0 aromatic heterocycles. The highest BCUT2D eigenvalue weighted by Crippen LogP contribution is 2.31. The first-order chi connectivity index (χ1) is 8.74. The second-order valence-corrected chi connectivity index (χ2v) is 4.59. The topological polar surface area (TPSA) is 59.0 Å². The molecule has 0 saturated carbocycles. The zero-order valence-electron chi connectivity index (χ0n) is 9.91. The van der Waals surface area contributed by atoms with Gasteiger partial charge < -0.3 is 19.5 Å². The third-order valence-corrected chi connectivity index (χ3v) is 3.26. The number of fused-ring (bicyclic) bond motifs is 1. The van der Waals surface area contributed by atoms with Crippen LogP contribution in [0.2, 0.25) is 0 Å². The SMILES string of the molecule is O=C(C1COc2ccccc2O1)N1CCC(O)C1. The Kier molecular flexibility index (Phi) is 2.83. The number of para-hydroxylation sites is 2. The molecule has 2 aliphatic heterocycles. The minimum atomic E-state index is -0.606. The minimum absolute atomic E-state index is 0.110. The molecule has 96 valence electrons. The van der Waals surface area contributed by atoms with E-state index in [2.05, 4.69) is 0 Å². The largest absolute Gasteiger partial charge is 0.485 e. The van der Waals surface area contributed by atoms with E-state index in [9.17, 15) is 9.90 Å². The van der Waals surface area contributed by atoms with Crippen LogP contribution in [0.15, 0.2) is 24.3 Å². The summed E-state index contributed by atoms with van der Waals surface area (Å²) >= 11 is 0. The monoisotopic (exact) mass is 249 g/mol. The van der Waals surface area contributed by atoms with E-state index in [0.717, 1.165) is 0 Å². The van der Waals surface area contributed by atoms with Crippen LogP contribution in [0.5, 0.6) is 11.5 Å². The van der Waals surface area contributed by atoms with E-state index < -0.39 is 12.2 Å². The zero-order chi connectivity index (χ0) is 12.5. The molecule has 1 N–H and O–H groups in total. The second kappa shape index (κ2) is 4.49. The van der Waals surface area contributed by atoms with Gasteiger partial charge in [-0.05, 0) is 18.6 Å². The molecule has 1 fully saturated rings. The smallest absolute Gasteiger partial charge is 0.267 e. The van der Waals surface area contributed by atoms with Crippen molar-refractivity contribution < 1.29 is 19.4 Å². The lowest BCUT2D eigenvalue weighted by atomic mass is 10.2. The van der Waals surface area contributed by atoms with E-state index >= 15 is 0 Å². The van der Waals surface area contributed by atoms with E-state index in [4.69, 9.17) is 9.47 Å². The first-order valence-corrected chi connectivity index (χ1v) is 6.09. The van der Waals surface area contributed by atoms with Crippen LogP contribution >= 0.6 is 0 Å². The lowest BCUT2D eigenvalue weighted by Crippen LogP contribution is -2.45. The van der Waals surface area contributed by atoms with Gasteiger partial charge in [-0.25, -0.2) is 0 Å². The van der Waals surface area contributed by atoms with Crippen molar-refractivity contribution in [3.05, 3.63) is 24.3 Å². The van der Waals surface area contributed by atoms with Gasteiger partial charge in [0, 0.05) is 13.1 Å². The number of hydrogen-bond donors (Lipinski definition) is 1. The molecule has 2 unspecified atom stereocenters. The Morgan fingerprint density at radius 3 is 2.83 bits per heavy atom. The van der Waals surface area contributed by atoms with Gasteiger partial charge in [0.15, 0.2) is 11.5 Å². The van der Waals surface area contributed by atoms with Crippen molar-refractivity contribution in [2.45, 2.75) is 18.6 Å². The fraction of sp³-hybridized carbons (Fsp3) is 0.462. The molecular weight excluding hydrogens is 234 g/mol. The number of likely N-dealkylation sites (tertiary alicyclic amines) is 1. The maximum Gasteiger partial charge on any atom is 0.267 e. The van der Waals surface area contributed by atoms with Crippen LogP contribution in [0.1, 0.15) is 6.42 Å². The van der Waals surface area contributed by atoms with Crippen LogP contribution in [-0.4, -0.2) is 47.8 Å². The van der Waals surface area contributed by atoms with Crippen molar-refractivity contribution in [1.82, 2.24) is 4.90 Å². The third-order valence-electron chi connectivity index (χ3n) is 3.26. The summed E-state index contributed by atoms with van der Waals surface area (Å²) in [4.78, 5) is 13.8. The van der Waals surface area contributed by atoms with Crippen LogP contribution in [-0.2, 0) is 4.79 Å². The molecule has 0 bridgehead atoms. The lowest BCUT2D eigenvalue weighted by Gasteiger charge is -2.28. The molecule has 5 heteroatoms. The number of carbonyl (C=O) groups is 1. The average Bonchev–Trinajstić information content (AvgIpc) is 2.84. The molecule has 3 rings (SSSR count). The van der Waals surface area contributed by atoms with E-state index in [1.165, 1.54) is 0 Å². The first-order valence-electron chi connectivity index (χ1n) is 6.09. The zero-order valence-corrected chi connectivity index (χ0v) is 9.91. The van der Waals surface area contributed by atoms with Gasteiger partial charge in [0.2, 0.25) is 6.10 Å². The van der Waals surface area contributed by atoms with Gasteiger partial charge in [-0.15, -0.1) is 0 Å². The Bertz CT molecular complexity index is 462. The summed E-state index contributed by atoms with van der Waals surface area (Å²) in [5, 5.41) is 9.44. The summed E-state index contributed by atoms with van der Waals surface area (Å²) < 4.78 is 11.2. The van der Waals surface area contributed by atoms with E-state index in [1.54, 1.807) is 11.0 Å². The summed E-state index contributed by atoms with van der Waals surface area (Å²) in [5.74, 6) is 1.16. The maximum atomic E-state index is 12.2. The number of carbonyl (C=O) groups excluding carboxylic acids is 1. The quantitative estimate of drug-likeness (QED) is 0.783. The molecule has 2 atom stereocenters. The second-order valence-electron chi connectivity index (χ2n) is 4.59. The van der Waals surface area contributed by atoms with Gasteiger partial charge in [-0.1, -0.05) is 12.1 Å². The van der Waals surface area contributed by atoms with Gasteiger partial charge in [0.25, 0.3) is 5.91 Å². The van der Waals surface area contributed by atoms with Crippen molar-refractivity contribution in [3.8, 4) is 11.5 Å². The fourth-order valence-corrected chi connectivity index (χ4v) is 2.29. The number of β-amino-alcohol motifs (C(OH)–C–C–N with tert-alkyl or cyclic N) is 1. The van der Waals surface area contributed by atoms with E-state index in [1.807, 2.05) is 18.2 Å². The first kappa shape index (κ1) is 11.3. The van der Waals surface area contributed by atoms with Crippen LogP contribution in [0.3, 0.4) is 0 Å². The molecule has 18 heavy (non-hydrogen) atoms. The Morgan fingerprint density at radius 1 is 1.33 bits per heavy atom. The molecule has 0 spiro atoms. The molecular formula is C13H15NO4. The predicted molar refractivity (Wildman–Crippen MR) is 63.6 cm³/mol. The normalized spacial score (nSPS) is 26.2. The summed E-state index contributed by atoms with van der Waals surface area (Å²) in [7, 11) is 0. The number of ether oxygens (including phenoxy) is 2. The lowest BCUT2D eigenvalue weighted by molar-refractivity contribution is -0.140. The van der Waals surface area contributed by atoms with Crippen LogP contribution < -0.4 is 9.47 Å². The Hall–Kier alpha value is -1.75. The fourth-order valence-electron chi connectivity index (χ4n) is 2.29. The van der Waals surface area contributed by atoms with Crippen molar-refractivity contribution in [1.29, 1.82) is 0 Å². The number of aliphatic hydroxyl groups excluding tert-OH is 1. The number of benzene rings is 1. The molecule has 2 heterocycles. The highest BCUT2D eigenvalue weighted by atomic mass is 16.6. The maximum absolute atomic E-state index is 12.2. The van der Waals surface area contributed by atoms with Crippen molar-refractivity contribution in [2.75, 3.05) is 19.7 Å². The number of hydrogen-bond acceptors (Lipinski definition) is 4. The van der Waals surface area contributed by atoms with Gasteiger partial charge >= 0.3 is 0 Å². The van der Waals surface area contributed by atoms with Crippen molar-refractivity contribution in [3.63, 3.8) is 0 Å². The predicted octanol–water partition coefficient (Wildman–Crippen LogP) is 0.420. The Balaban J connectivity index is 1.70. The molecule has 2 aliphatic rings. The molecule has 1 aromatic rings. The van der Waals surface area contributed by atoms with Crippen LogP contribution in [0.4, 0.5) is 0 Å². The Labute approximate surface area is 105 Å². The van der Waals surface area contributed by atoms with Gasteiger partial charge in [0.1, 0.15) is 6.61 Å². The number of rotatable bonds is 1. The van der Waals surface area contributed by atoms with Gasteiger partial charge in [-0.3, -0.25) is 4.79 Å². The van der Waals surface area contributed by atoms with E-state index in [-0.39, 0.29) is 12.5 Å². The molecule has 1 saturated heterocycles. The molecule has 0 radical (unpaired) electrons. The van der Waals surface area contributed by atoms with Crippen LogP contribution in [0.25, 0.3) is 0 Å². The van der Waals surface area contributed by atoms with Gasteiger partial charge in [-0.2, -0.15) is 0 Å². The summed E-state index contributed by atoms with van der Waals surface area (Å²) in [5.41, 5.74) is 0. The summed E-state index contributed by atoms with van der Waals surface area (Å²) in [6.07, 6.45) is -0.383. The molecule has 1 aromatic carbocycles. The number of nitrogens with zero attached hydrogens (tertiary/aromatic N) is 1. The van der Waals surface area contributed by atoms with Crippen molar-refractivity contribution in [2.24, 2.45) is 0 Å². The number of aliphatic hydroxyl groups is 1. The van der Waals surface area contributed by atoms with E-state index in [0.29, 0.717) is 31.0 Å². The van der Waals surface area contributed by atoms with Crippen molar-refractivity contribution >= 4 is 5.91 Å². The Morgan fingerprint density at radius 2 is 2.11 bits per heavy atom. The summed E-state index contributed by atoms with van der Waals surface area (Å²) in [6, 6.07) is 7.30. The van der Waals surface area contributed by atoms with Crippen LogP contribution in [0, 0.1) is 0 Å². The summed E-state index contributed by atoms with van der Waals surface area (Å²) in [6.45, 7) is 1.20. The van der Waals surface area contributed by atoms with Gasteiger partial charge in [0.05, 0.1) is 6.10 Å². The molecule has 1 amide bonds. The molecule has 0 aliphatic carbocycles. The standard InChI is InChI=1S/C13H15NO4/c15-9-5-6-14(7-9)13(16)12-8-17-10-3-1-2-4-11(10)18-12/h1-4,9,12,15H,5-8H2. The highest BCUT2D eigenvalue weighted by Gasteiger charge is 2.34. The average molecular weight is 249 g/mol. The molecule has 5 nitrogen and oxygen atoms in total.